The number of nitrogens with zero attached hydrogens (tertiary/aromatic N) is 1. The smallest absolute Gasteiger partial charge is 0.0479 e. The molecule has 0 aromatic carbocycles. The largest absolute Gasteiger partial charge is 0.396 e. The first-order valence-electron chi connectivity index (χ1n) is 4.65. The molecule has 1 N–H and O–H groups in total. The molecule has 1 saturated carbocycles. The van der Waals surface area contributed by atoms with Crippen molar-refractivity contribution in [3.8, 4) is 0 Å². The number of hydrogen-bond donors (Lipinski definition) is 1. The molecule has 0 bridgehead atoms. The summed E-state index contributed by atoms with van der Waals surface area (Å²) in [4.78, 5) is 0. The van der Waals surface area contributed by atoms with Gasteiger partial charge in [0.2, 0.25) is 0 Å². The predicted octanol–water partition coefficient (Wildman–Crippen LogP) is 1.82. The summed E-state index contributed by atoms with van der Waals surface area (Å²) in [5.74, 6) is 0.484. The van der Waals surface area contributed by atoms with Crippen LogP contribution in [0, 0.1) is 5.92 Å². The quantitative estimate of drug-likeness (QED) is 0.710. The van der Waals surface area contributed by atoms with Gasteiger partial charge in [0, 0.05) is 31.0 Å². The third-order valence-corrected chi connectivity index (χ3v) is 2.86. The molecule has 0 radical (unpaired) electrons. The summed E-state index contributed by atoms with van der Waals surface area (Å²) in [5, 5.41) is 9.12. The van der Waals surface area contributed by atoms with Crippen molar-refractivity contribution >= 4 is 0 Å². The highest BCUT2D eigenvalue weighted by molar-refractivity contribution is 4.96. The predicted molar refractivity (Wildman–Crippen MR) is 47.9 cm³/mol. The van der Waals surface area contributed by atoms with Gasteiger partial charge in [0.15, 0.2) is 0 Å². The number of aromatic nitrogens is 1. The van der Waals surface area contributed by atoms with Crippen LogP contribution in [0.1, 0.15) is 25.3 Å². The molecule has 1 aliphatic carbocycles. The molecule has 66 valence electrons. The Balaban J connectivity index is 2.13. The van der Waals surface area contributed by atoms with E-state index in [9.17, 15) is 0 Å². The summed E-state index contributed by atoms with van der Waals surface area (Å²) in [6, 6.07) is 4.64. The molecule has 2 atom stereocenters. The lowest BCUT2D eigenvalue weighted by molar-refractivity contribution is 0.196. The minimum absolute atomic E-state index is 0.336. The Morgan fingerprint density at radius 2 is 2.00 bits per heavy atom. The summed E-state index contributed by atoms with van der Waals surface area (Å²) < 4.78 is 2.23. The standard InChI is InChI=1S/C10H15NO/c12-8-9-4-3-5-10(9)11-6-1-2-7-11/h1-2,6-7,9-10,12H,3-5,8H2/t9-,10-/m0/s1. The highest BCUT2D eigenvalue weighted by atomic mass is 16.3. The molecule has 2 rings (SSSR count). The van der Waals surface area contributed by atoms with Gasteiger partial charge < -0.3 is 9.67 Å². The molecule has 0 unspecified atom stereocenters. The molecule has 0 spiro atoms. The molecule has 2 nitrogen and oxygen atoms in total. The minimum atomic E-state index is 0.336. The molecular weight excluding hydrogens is 150 g/mol. The van der Waals surface area contributed by atoms with Crippen molar-refractivity contribution in [2.45, 2.75) is 25.3 Å². The van der Waals surface area contributed by atoms with Crippen LogP contribution in [0.4, 0.5) is 0 Å². The van der Waals surface area contributed by atoms with Crippen LogP contribution < -0.4 is 0 Å². The lowest BCUT2D eigenvalue weighted by Crippen LogP contribution is -2.15. The van der Waals surface area contributed by atoms with Crippen molar-refractivity contribution in [2.24, 2.45) is 5.92 Å². The molecule has 1 fully saturated rings. The molecule has 0 amide bonds. The van der Waals surface area contributed by atoms with Crippen LogP contribution in [-0.4, -0.2) is 16.3 Å². The molecule has 0 aliphatic heterocycles. The average Bonchev–Trinajstić information content (AvgIpc) is 2.74. The van der Waals surface area contributed by atoms with Crippen LogP contribution in [0.15, 0.2) is 24.5 Å². The molecular formula is C10H15NO. The molecule has 1 heterocycles. The van der Waals surface area contributed by atoms with Crippen molar-refractivity contribution in [2.75, 3.05) is 6.61 Å². The highest BCUT2D eigenvalue weighted by Gasteiger charge is 2.26. The zero-order valence-electron chi connectivity index (χ0n) is 7.19. The Morgan fingerprint density at radius 1 is 1.25 bits per heavy atom. The van der Waals surface area contributed by atoms with Crippen molar-refractivity contribution in [1.29, 1.82) is 0 Å². The van der Waals surface area contributed by atoms with E-state index in [4.69, 9.17) is 5.11 Å². The molecule has 1 aromatic rings. The van der Waals surface area contributed by atoms with Crippen LogP contribution in [0.2, 0.25) is 0 Å². The van der Waals surface area contributed by atoms with Crippen molar-refractivity contribution in [1.82, 2.24) is 4.57 Å². The third-order valence-electron chi connectivity index (χ3n) is 2.86. The molecule has 1 aromatic heterocycles. The van der Waals surface area contributed by atoms with Gasteiger partial charge in [-0.25, -0.2) is 0 Å². The maximum absolute atomic E-state index is 9.12. The van der Waals surface area contributed by atoms with Crippen LogP contribution in [0.25, 0.3) is 0 Å². The van der Waals surface area contributed by atoms with E-state index in [1.54, 1.807) is 0 Å². The zero-order valence-corrected chi connectivity index (χ0v) is 7.19. The Bertz CT molecular complexity index is 230. The van der Waals surface area contributed by atoms with E-state index in [1.807, 2.05) is 12.1 Å². The van der Waals surface area contributed by atoms with E-state index >= 15 is 0 Å². The van der Waals surface area contributed by atoms with Gasteiger partial charge in [-0.15, -0.1) is 0 Å². The Kier molecular flexibility index (Phi) is 2.17. The fourth-order valence-electron chi connectivity index (χ4n) is 2.19. The minimum Gasteiger partial charge on any atom is -0.396 e. The van der Waals surface area contributed by atoms with Gasteiger partial charge in [-0.2, -0.15) is 0 Å². The van der Waals surface area contributed by atoms with Crippen LogP contribution in [0.5, 0.6) is 0 Å². The van der Waals surface area contributed by atoms with E-state index in [-0.39, 0.29) is 0 Å². The van der Waals surface area contributed by atoms with Gasteiger partial charge in [0.25, 0.3) is 0 Å². The first kappa shape index (κ1) is 7.87. The number of aliphatic hydroxyl groups is 1. The molecule has 12 heavy (non-hydrogen) atoms. The van der Waals surface area contributed by atoms with Gasteiger partial charge in [0.1, 0.15) is 0 Å². The summed E-state index contributed by atoms with van der Waals surface area (Å²) >= 11 is 0. The van der Waals surface area contributed by atoms with Crippen LogP contribution in [0.3, 0.4) is 0 Å². The summed E-state index contributed by atoms with van der Waals surface area (Å²) in [6.45, 7) is 0.336. The maximum Gasteiger partial charge on any atom is 0.0479 e. The van der Waals surface area contributed by atoms with Gasteiger partial charge >= 0.3 is 0 Å². The van der Waals surface area contributed by atoms with E-state index in [0.29, 0.717) is 18.6 Å². The van der Waals surface area contributed by atoms with E-state index in [1.165, 1.54) is 19.3 Å². The normalized spacial score (nSPS) is 29.4. The fraction of sp³-hybridized carbons (Fsp3) is 0.600. The van der Waals surface area contributed by atoms with Gasteiger partial charge in [-0.3, -0.25) is 0 Å². The maximum atomic E-state index is 9.12. The van der Waals surface area contributed by atoms with Crippen LogP contribution >= 0.6 is 0 Å². The summed E-state index contributed by atoms with van der Waals surface area (Å²) in [5.41, 5.74) is 0. The van der Waals surface area contributed by atoms with E-state index in [0.717, 1.165) is 0 Å². The van der Waals surface area contributed by atoms with Crippen molar-refractivity contribution < 1.29 is 5.11 Å². The Labute approximate surface area is 72.8 Å². The zero-order chi connectivity index (χ0) is 8.39. The first-order valence-corrected chi connectivity index (χ1v) is 4.65. The number of hydrogen-bond acceptors (Lipinski definition) is 1. The lowest BCUT2D eigenvalue weighted by atomic mass is 10.1. The van der Waals surface area contributed by atoms with E-state index < -0.39 is 0 Å². The number of rotatable bonds is 2. The van der Waals surface area contributed by atoms with Crippen LogP contribution in [-0.2, 0) is 0 Å². The summed E-state index contributed by atoms with van der Waals surface area (Å²) in [7, 11) is 0. The van der Waals surface area contributed by atoms with Gasteiger partial charge in [0.05, 0.1) is 0 Å². The summed E-state index contributed by atoms with van der Waals surface area (Å²) in [6.07, 6.45) is 7.85. The first-order chi connectivity index (χ1) is 5.92. The molecule has 2 heteroatoms. The topological polar surface area (TPSA) is 25.2 Å². The lowest BCUT2D eigenvalue weighted by Gasteiger charge is -2.18. The third kappa shape index (κ3) is 1.27. The second kappa shape index (κ2) is 3.31. The van der Waals surface area contributed by atoms with Gasteiger partial charge in [-0.1, -0.05) is 6.42 Å². The SMILES string of the molecule is OC[C@@H]1CCC[C@@H]1n1cccc1. The molecule has 1 aliphatic rings. The number of aliphatic hydroxyl groups excluding tert-OH is 1. The van der Waals surface area contributed by atoms with Crippen molar-refractivity contribution in [3.05, 3.63) is 24.5 Å². The Morgan fingerprint density at radius 3 is 2.67 bits per heavy atom. The second-order valence-corrected chi connectivity index (χ2v) is 3.57. The van der Waals surface area contributed by atoms with E-state index in [2.05, 4.69) is 17.0 Å². The molecule has 0 saturated heterocycles. The monoisotopic (exact) mass is 165 g/mol. The Hall–Kier alpha value is -0.760. The van der Waals surface area contributed by atoms with Crippen molar-refractivity contribution in [3.63, 3.8) is 0 Å². The van der Waals surface area contributed by atoms with Gasteiger partial charge in [-0.05, 0) is 25.0 Å². The highest BCUT2D eigenvalue weighted by Crippen LogP contribution is 2.35. The average molecular weight is 165 g/mol. The fourth-order valence-corrected chi connectivity index (χ4v) is 2.19. The second-order valence-electron chi connectivity index (χ2n) is 3.57.